The zero-order valence-corrected chi connectivity index (χ0v) is 13.4. The lowest BCUT2D eigenvalue weighted by molar-refractivity contribution is -0.158. The van der Waals surface area contributed by atoms with Gasteiger partial charge >= 0.3 is 11.9 Å². The summed E-state index contributed by atoms with van der Waals surface area (Å²) in [5, 5.41) is 11.4. The van der Waals surface area contributed by atoms with Crippen molar-refractivity contribution in [3.63, 3.8) is 0 Å². The summed E-state index contributed by atoms with van der Waals surface area (Å²) in [4.78, 5) is 34.4. The van der Waals surface area contributed by atoms with Crippen molar-refractivity contribution in [2.75, 3.05) is 0 Å². The Labute approximate surface area is 125 Å². The highest BCUT2D eigenvalue weighted by Gasteiger charge is 2.26. The molecule has 0 aromatic heterocycles. The Bertz CT molecular complexity index is 393. The van der Waals surface area contributed by atoms with E-state index < -0.39 is 41.4 Å². The number of carbonyl (C=O) groups is 3. The van der Waals surface area contributed by atoms with Gasteiger partial charge in [-0.2, -0.15) is 0 Å². The van der Waals surface area contributed by atoms with Crippen molar-refractivity contribution in [1.82, 2.24) is 5.32 Å². The average molecular weight is 302 g/mol. The lowest BCUT2D eigenvalue weighted by Gasteiger charge is -2.22. The van der Waals surface area contributed by atoms with Crippen LogP contribution >= 0.6 is 0 Å². The Hall–Kier alpha value is -1.63. The van der Waals surface area contributed by atoms with Gasteiger partial charge in [-0.05, 0) is 41.0 Å². The number of carboxylic acid groups (broad SMARTS) is 1. The van der Waals surface area contributed by atoms with E-state index >= 15 is 0 Å². The minimum Gasteiger partial charge on any atom is -0.480 e. The number of aliphatic carboxylic acids is 1. The standard InChI is InChI=1S/C14H26N2O5/c1-13(2,3)21-11(18)8-9(12(19)20)16-10(17)6-7-14(4,5)15/h9H,6-8,15H2,1-5H3,(H,16,17)(H,19,20)/t9-/m0/s1. The van der Waals surface area contributed by atoms with Crippen molar-refractivity contribution in [2.24, 2.45) is 5.73 Å². The van der Waals surface area contributed by atoms with Gasteiger partial charge < -0.3 is 20.9 Å². The van der Waals surface area contributed by atoms with Crippen LogP contribution < -0.4 is 11.1 Å². The van der Waals surface area contributed by atoms with Crippen LogP contribution in [0.1, 0.15) is 53.9 Å². The van der Waals surface area contributed by atoms with E-state index in [-0.39, 0.29) is 6.42 Å². The third kappa shape index (κ3) is 10.8. The smallest absolute Gasteiger partial charge is 0.326 e. The quantitative estimate of drug-likeness (QED) is 0.599. The Morgan fingerprint density at radius 2 is 1.71 bits per heavy atom. The SMILES string of the molecule is CC(C)(N)CCC(=O)N[C@@H](CC(=O)OC(C)(C)C)C(=O)O. The van der Waals surface area contributed by atoms with Gasteiger partial charge in [-0.25, -0.2) is 4.79 Å². The van der Waals surface area contributed by atoms with Gasteiger partial charge in [-0.15, -0.1) is 0 Å². The predicted molar refractivity (Wildman–Crippen MR) is 77.5 cm³/mol. The molecular formula is C14H26N2O5. The topological polar surface area (TPSA) is 119 Å². The third-order valence-electron chi connectivity index (χ3n) is 2.42. The molecule has 0 spiro atoms. The second kappa shape index (κ2) is 7.40. The summed E-state index contributed by atoms with van der Waals surface area (Å²) in [5.74, 6) is -2.40. The predicted octanol–water partition coefficient (Wildman–Crippen LogP) is 0.805. The number of carbonyl (C=O) groups excluding carboxylic acids is 2. The molecule has 0 saturated heterocycles. The van der Waals surface area contributed by atoms with Crippen LogP contribution in [0.25, 0.3) is 0 Å². The molecule has 0 aromatic carbocycles. The average Bonchev–Trinajstić information content (AvgIpc) is 2.21. The number of amides is 1. The van der Waals surface area contributed by atoms with Crippen LogP contribution in [0.4, 0.5) is 0 Å². The van der Waals surface area contributed by atoms with Crippen molar-refractivity contribution in [2.45, 2.75) is 71.1 Å². The number of rotatable bonds is 7. The lowest BCUT2D eigenvalue weighted by Crippen LogP contribution is -2.44. The lowest BCUT2D eigenvalue weighted by atomic mass is 10.00. The number of esters is 1. The van der Waals surface area contributed by atoms with E-state index in [2.05, 4.69) is 5.32 Å². The zero-order valence-electron chi connectivity index (χ0n) is 13.4. The molecule has 0 bridgehead atoms. The summed E-state index contributed by atoms with van der Waals surface area (Å²) in [6.45, 7) is 8.60. The van der Waals surface area contributed by atoms with E-state index in [0.717, 1.165) is 0 Å². The van der Waals surface area contributed by atoms with Gasteiger partial charge in [-0.3, -0.25) is 9.59 Å². The molecule has 0 saturated carbocycles. The van der Waals surface area contributed by atoms with Gasteiger partial charge in [0.25, 0.3) is 0 Å². The highest BCUT2D eigenvalue weighted by atomic mass is 16.6. The first kappa shape index (κ1) is 19.4. The van der Waals surface area contributed by atoms with Crippen molar-refractivity contribution < 1.29 is 24.2 Å². The summed E-state index contributed by atoms with van der Waals surface area (Å²) in [5.41, 5.74) is 4.54. The van der Waals surface area contributed by atoms with E-state index in [1.54, 1.807) is 34.6 Å². The summed E-state index contributed by atoms with van der Waals surface area (Å²) in [6.07, 6.45) is 0.101. The van der Waals surface area contributed by atoms with E-state index in [9.17, 15) is 14.4 Å². The minimum atomic E-state index is -1.30. The van der Waals surface area contributed by atoms with Crippen LogP contribution in [0.5, 0.6) is 0 Å². The molecule has 7 nitrogen and oxygen atoms in total. The summed E-state index contributed by atoms with van der Waals surface area (Å²) in [7, 11) is 0. The molecule has 0 radical (unpaired) electrons. The molecule has 0 unspecified atom stereocenters. The maximum atomic E-state index is 11.7. The number of ether oxygens (including phenoxy) is 1. The fourth-order valence-electron chi connectivity index (χ4n) is 1.45. The van der Waals surface area contributed by atoms with Crippen LogP contribution in [0, 0.1) is 0 Å². The molecule has 0 heterocycles. The van der Waals surface area contributed by atoms with Gasteiger partial charge in [0.05, 0.1) is 6.42 Å². The normalized spacial score (nSPS) is 13.4. The molecule has 0 aromatic rings. The van der Waals surface area contributed by atoms with Crippen LogP contribution in [-0.2, 0) is 19.1 Å². The molecule has 4 N–H and O–H groups in total. The van der Waals surface area contributed by atoms with Gasteiger partial charge in [0.2, 0.25) is 5.91 Å². The molecule has 21 heavy (non-hydrogen) atoms. The maximum absolute atomic E-state index is 11.7. The largest absolute Gasteiger partial charge is 0.480 e. The molecule has 0 fully saturated rings. The second-order valence-corrected chi connectivity index (χ2v) is 6.74. The molecule has 7 heteroatoms. The monoisotopic (exact) mass is 302 g/mol. The molecule has 0 aliphatic heterocycles. The molecule has 1 atom stereocenters. The van der Waals surface area contributed by atoms with Crippen LogP contribution in [0.3, 0.4) is 0 Å². The van der Waals surface area contributed by atoms with Crippen LogP contribution in [0.15, 0.2) is 0 Å². The van der Waals surface area contributed by atoms with Crippen molar-refractivity contribution >= 4 is 17.8 Å². The Morgan fingerprint density at radius 1 is 1.19 bits per heavy atom. The highest BCUT2D eigenvalue weighted by Crippen LogP contribution is 2.10. The van der Waals surface area contributed by atoms with Crippen molar-refractivity contribution in [3.8, 4) is 0 Å². The first-order chi connectivity index (χ1) is 9.30. The van der Waals surface area contributed by atoms with Gasteiger partial charge in [0.15, 0.2) is 0 Å². The summed E-state index contributed by atoms with van der Waals surface area (Å²) < 4.78 is 5.04. The Kier molecular flexibility index (Phi) is 6.82. The molecule has 122 valence electrons. The number of nitrogens with two attached hydrogens (primary N) is 1. The molecule has 0 rings (SSSR count). The second-order valence-electron chi connectivity index (χ2n) is 6.74. The molecule has 1 amide bonds. The highest BCUT2D eigenvalue weighted by molar-refractivity contribution is 5.87. The number of carboxylic acids is 1. The van der Waals surface area contributed by atoms with Gasteiger partial charge in [0, 0.05) is 12.0 Å². The van der Waals surface area contributed by atoms with E-state index in [1.807, 2.05) is 0 Å². The minimum absolute atomic E-state index is 0.0988. The maximum Gasteiger partial charge on any atom is 0.326 e. The van der Waals surface area contributed by atoms with Crippen LogP contribution in [-0.4, -0.2) is 40.1 Å². The van der Waals surface area contributed by atoms with Gasteiger partial charge in [-0.1, -0.05) is 0 Å². The number of nitrogens with one attached hydrogen (secondary N) is 1. The Balaban J connectivity index is 4.47. The summed E-state index contributed by atoms with van der Waals surface area (Å²) >= 11 is 0. The first-order valence-electron chi connectivity index (χ1n) is 6.83. The summed E-state index contributed by atoms with van der Waals surface area (Å²) in [6, 6.07) is -1.30. The molecule has 0 aliphatic carbocycles. The van der Waals surface area contributed by atoms with Crippen LogP contribution in [0.2, 0.25) is 0 Å². The Morgan fingerprint density at radius 3 is 2.10 bits per heavy atom. The number of hydrogen-bond donors (Lipinski definition) is 3. The first-order valence-corrected chi connectivity index (χ1v) is 6.83. The van der Waals surface area contributed by atoms with Gasteiger partial charge in [0.1, 0.15) is 11.6 Å². The molecular weight excluding hydrogens is 276 g/mol. The fraction of sp³-hybridized carbons (Fsp3) is 0.786. The molecule has 0 aliphatic rings. The van der Waals surface area contributed by atoms with Crippen molar-refractivity contribution in [3.05, 3.63) is 0 Å². The van der Waals surface area contributed by atoms with E-state index in [4.69, 9.17) is 15.6 Å². The fourth-order valence-corrected chi connectivity index (χ4v) is 1.45. The third-order valence-corrected chi connectivity index (χ3v) is 2.42. The zero-order chi connectivity index (χ0) is 16.8. The number of hydrogen-bond acceptors (Lipinski definition) is 5. The van der Waals surface area contributed by atoms with E-state index in [1.165, 1.54) is 0 Å². The van der Waals surface area contributed by atoms with E-state index in [0.29, 0.717) is 6.42 Å². The van der Waals surface area contributed by atoms with Crippen molar-refractivity contribution in [1.29, 1.82) is 0 Å².